The monoisotopic (exact) mass is 376 g/mol. The molecule has 0 aliphatic carbocycles. The number of hydrogen-bond donors (Lipinski definition) is 1. The Hall–Kier alpha value is -1.72. The van der Waals surface area contributed by atoms with E-state index >= 15 is 0 Å². The Morgan fingerprint density at radius 1 is 1.40 bits per heavy atom. The van der Waals surface area contributed by atoms with Gasteiger partial charge < -0.3 is 14.8 Å². The van der Waals surface area contributed by atoms with Crippen LogP contribution in [-0.4, -0.2) is 73.6 Å². The normalized spacial score (nSPS) is 18.8. The Balaban J connectivity index is 1.55. The van der Waals surface area contributed by atoms with E-state index in [0.717, 1.165) is 0 Å². The molecule has 2 aliphatic rings. The quantitative estimate of drug-likeness (QED) is 0.724. The van der Waals surface area contributed by atoms with E-state index in [2.05, 4.69) is 10.4 Å². The third kappa shape index (κ3) is 3.77. The maximum Gasteiger partial charge on any atom is 0.275 e. The van der Waals surface area contributed by atoms with Gasteiger partial charge in [0.05, 0.1) is 18.9 Å². The number of sulfonamides is 1. The molecule has 1 N–H and O–H groups in total. The topological polar surface area (TPSA) is 103 Å². The molecule has 1 aromatic heterocycles. The molecule has 25 heavy (non-hydrogen) atoms. The van der Waals surface area contributed by atoms with Crippen molar-refractivity contribution in [1.29, 1.82) is 0 Å². The maximum absolute atomic E-state index is 14.1. The van der Waals surface area contributed by atoms with Gasteiger partial charge in [0.1, 0.15) is 6.61 Å². The number of carbonyl (C=O) groups is 1. The number of carbonyl (C=O) groups excluding carboxylic acids is 1. The first-order valence-corrected chi connectivity index (χ1v) is 9.70. The van der Waals surface area contributed by atoms with Crippen LogP contribution in [-0.2, 0) is 21.3 Å². The van der Waals surface area contributed by atoms with Gasteiger partial charge in [-0.05, 0) is 12.8 Å². The Morgan fingerprint density at radius 2 is 2.12 bits per heavy atom. The van der Waals surface area contributed by atoms with Gasteiger partial charge in [0.15, 0.2) is 5.69 Å². The van der Waals surface area contributed by atoms with Crippen LogP contribution in [0, 0.1) is 5.82 Å². The second-order valence-corrected chi connectivity index (χ2v) is 8.08. The number of halogens is 1. The molecule has 0 aromatic carbocycles. The molecule has 0 radical (unpaired) electrons. The van der Waals surface area contributed by atoms with Crippen LogP contribution in [0.15, 0.2) is 0 Å². The number of piperidine rings is 1. The second-order valence-electron chi connectivity index (χ2n) is 5.99. The largest absolute Gasteiger partial charge is 0.474 e. The third-order valence-corrected chi connectivity index (χ3v) is 6.17. The molecular weight excluding hydrogens is 355 g/mol. The molecule has 1 amide bonds. The molecule has 1 aromatic rings. The molecule has 9 nitrogen and oxygen atoms in total. The maximum atomic E-state index is 14.1. The summed E-state index contributed by atoms with van der Waals surface area (Å²) in [6.07, 6.45) is 0.924. The Bertz CT molecular complexity index is 743. The minimum atomic E-state index is -3.35. The molecular formula is C14H21FN4O5S. The van der Waals surface area contributed by atoms with Crippen LogP contribution in [0.25, 0.3) is 0 Å². The SMILES string of the molecule is COCCS(=O)(=O)N1CCC(NC(=O)c2nn3c(c2F)OCC3)CC1. The standard InChI is InChI=1S/C14H21FN4O5S/c1-23-8-9-25(21,22)18-4-2-10(3-5-18)16-13(20)12-11(15)14-19(17-12)6-7-24-14/h10H,2-9H2,1H3,(H,16,20). The number of methoxy groups -OCH3 is 1. The van der Waals surface area contributed by atoms with E-state index in [1.54, 1.807) is 0 Å². The summed E-state index contributed by atoms with van der Waals surface area (Å²) >= 11 is 0. The summed E-state index contributed by atoms with van der Waals surface area (Å²) in [4.78, 5) is 12.2. The molecule has 0 atom stereocenters. The average molecular weight is 376 g/mol. The van der Waals surface area contributed by atoms with Crippen molar-refractivity contribution in [3.63, 3.8) is 0 Å². The van der Waals surface area contributed by atoms with E-state index in [4.69, 9.17) is 9.47 Å². The van der Waals surface area contributed by atoms with Crippen LogP contribution in [0.3, 0.4) is 0 Å². The first kappa shape index (κ1) is 18.1. The summed E-state index contributed by atoms with van der Waals surface area (Å²) in [5.74, 6) is -1.44. The highest BCUT2D eigenvalue weighted by molar-refractivity contribution is 7.89. The van der Waals surface area contributed by atoms with Crippen LogP contribution in [0.4, 0.5) is 4.39 Å². The van der Waals surface area contributed by atoms with Gasteiger partial charge in [-0.25, -0.2) is 17.4 Å². The van der Waals surface area contributed by atoms with Crippen molar-refractivity contribution in [3.05, 3.63) is 11.5 Å². The molecule has 1 saturated heterocycles. The lowest BCUT2D eigenvalue weighted by atomic mass is 10.1. The van der Waals surface area contributed by atoms with Gasteiger partial charge in [-0.15, -0.1) is 0 Å². The van der Waals surface area contributed by atoms with Crippen molar-refractivity contribution in [2.45, 2.75) is 25.4 Å². The van der Waals surface area contributed by atoms with Crippen LogP contribution in [0.5, 0.6) is 5.88 Å². The molecule has 140 valence electrons. The molecule has 2 aliphatic heterocycles. The molecule has 1 fully saturated rings. The average Bonchev–Trinajstić information content (AvgIpc) is 3.17. The minimum Gasteiger partial charge on any atom is -0.474 e. The van der Waals surface area contributed by atoms with Gasteiger partial charge in [-0.2, -0.15) is 9.49 Å². The number of hydrogen-bond acceptors (Lipinski definition) is 6. The van der Waals surface area contributed by atoms with Crippen LogP contribution in [0.2, 0.25) is 0 Å². The minimum absolute atomic E-state index is 0.00999. The molecule has 0 bridgehead atoms. The van der Waals surface area contributed by atoms with Gasteiger partial charge in [0, 0.05) is 26.2 Å². The van der Waals surface area contributed by atoms with E-state index in [9.17, 15) is 17.6 Å². The number of ether oxygens (including phenoxy) is 2. The van der Waals surface area contributed by atoms with Gasteiger partial charge in [-0.3, -0.25) is 4.79 Å². The van der Waals surface area contributed by atoms with Gasteiger partial charge in [0.25, 0.3) is 5.91 Å². The predicted molar refractivity (Wildman–Crippen MR) is 85.4 cm³/mol. The van der Waals surface area contributed by atoms with E-state index in [-0.39, 0.29) is 30.0 Å². The van der Waals surface area contributed by atoms with Crippen molar-refractivity contribution in [3.8, 4) is 5.88 Å². The summed E-state index contributed by atoms with van der Waals surface area (Å²) in [6.45, 7) is 1.52. The van der Waals surface area contributed by atoms with Crippen LogP contribution in [0.1, 0.15) is 23.3 Å². The summed E-state index contributed by atoms with van der Waals surface area (Å²) in [6, 6.07) is -0.224. The fourth-order valence-electron chi connectivity index (χ4n) is 2.94. The summed E-state index contributed by atoms with van der Waals surface area (Å²) in [5, 5.41) is 6.65. The summed E-state index contributed by atoms with van der Waals surface area (Å²) in [5.41, 5.74) is -0.287. The number of rotatable bonds is 6. The first-order chi connectivity index (χ1) is 11.9. The molecule has 11 heteroatoms. The first-order valence-electron chi connectivity index (χ1n) is 8.09. The highest BCUT2D eigenvalue weighted by atomic mass is 32.2. The van der Waals surface area contributed by atoms with E-state index < -0.39 is 21.7 Å². The van der Waals surface area contributed by atoms with Crippen molar-refractivity contribution in [1.82, 2.24) is 19.4 Å². The summed E-state index contributed by atoms with van der Waals surface area (Å²) in [7, 11) is -1.90. The number of aromatic nitrogens is 2. The zero-order valence-corrected chi connectivity index (χ0v) is 14.7. The van der Waals surface area contributed by atoms with E-state index in [0.29, 0.717) is 39.1 Å². The van der Waals surface area contributed by atoms with Gasteiger partial charge in [-0.1, -0.05) is 0 Å². The zero-order valence-electron chi connectivity index (χ0n) is 13.9. The van der Waals surface area contributed by atoms with Crippen LogP contribution >= 0.6 is 0 Å². The number of fused-ring (bicyclic) bond motifs is 1. The van der Waals surface area contributed by atoms with Gasteiger partial charge in [0.2, 0.25) is 21.7 Å². The fraction of sp³-hybridized carbons (Fsp3) is 0.714. The lowest BCUT2D eigenvalue weighted by molar-refractivity contribution is 0.0913. The highest BCUT2D eigenvalue weighted by Crippen LogP contribution is 2.24. The number of nitrogens with one attached hydrogen (secondary N) is 1. The van der Waals surface area contributed by atoms with Crippen LogP contribution < -0.4 is 10.1 Å². The molecule has 0 spiro atoms. The highest BCUT2D eigenvalue weighted by Gasteiger charge is 2.31. The Kier molecular flexibility index (Phi) is 5.25. The number of nitrogens with zero attached hydrogens (tertiary/aromatic N) is 3. The molecule has 0 saturated carbocycles. The summed E-state index contributed by atoms with van der Waals surface area (Å²) < 4.78 is 50.9. The van der Waals surface area contributed by atoms with Crippen molar-refractivity contribution < 1.29 is 27.1 Å². The van der Waals surface area contributed by atoms with E-state index in [1.807, 2.05) is 0 Å². The Labute approximate surface area is 145 Å². The predicted octanol–water partition coefficient (Wildman–Crippen LogP) is -0.415. The molecule has 0 unspecified atom stereocenters. The Morgan fingerprint density at radius 3 is 2.76 bits per heavy atom. The molecule has 3 heterocycles. The van der Waals surface area contributed by atoms with Crippen molar-refractivity contribution >= 4 is 15.9 Å². The third-order valence-electron chi connectivity index (χ3n) is 4.34. The fourth-order valence-corrected chi connectivity index (χ4v) is 4.34. The lowest BCUT2D eigenvalue weighted by Gasteiger charge is -2.31. The van der Waals surface area contributed by atoms with Gasteiger partial charge >= 0.3 is 0 Å². The molecule has 3 rings (SSSR count). The second kappa shape index (κ2) is 7.26. The van der Waals surface area contributed by atoms with Crippen molar-refractivity contribution in [2.24, 2.45) is 0 Å². The smallest absolute Gasteiger partial charge is 0.275 e. The number of amides is 1. The van der Waals surface area contributed by atoms with Crippen molar-refractivity contribution in [2.75, 3.05) is 39.2 Å². The zero-order chi connectivity index (χ0) is 18.0. The lowest BCUT2D eigenvalue weighted by Crippen LogP contribution is -2.47. The van der Waals surface area contributed by atoms with E-state index in [1.165, 1.54) is 16.1 Å².